The molecule has 0 spiro atoms. The second kappa shape index (κ2) is 6.81. The summed E-state index contributed by atoms with van der Waals surface area (Å²) in [7, 11) is -2.33. The number of rotatable bonds is 4. The largest absolute Gasteiger partial charge is 0.316 e. The first-order chi connectivity index (χ1) is 9.96. The van der Waals surface area contributed by atoms with E-state index >= 15 is 0 Å². The van der Waals surface area contributed by atoms with E-state index in [0.717, 1.165) is 31.7 Å². The van der Waals surface area contributed by atoms with Crippen molar-refractivity contribution in [2.75, 3.05) is 20.1 Å². The van der Waals surface area contributed by atoms with Crippen LogP contribution < -0.4 is 5.32 Å². The van der Waals surface area contributed by atoms with Crippen LogP contribution in [-0.2, 0) is 16.6 Å². The first-order valence-corrected chi connectivity index (χ1v) is 8.53. The maximum atomic E-state index is 14.0. The first kappa shape index (κ1) is 16.3. The van der Waals surface area contributed by atoms with Gasteiger partial charge in [0.1, 0.15) is 4.90 Å². The van der Waals surface area contributed by atoms with Crippen molar-refractivity contribution < 1.29 is 17.2 Å². The van der Waals surface area contributed by atoms with Crippen LogP contribution in [0.3, 0.4) is 0 Å². The molecular weight excluding hydrogens is 298 g/mol. The standard InChI is InChI=1S/C14H20F2N2O2S/c1-17-10-11-8-12(15)14(16)13(9-11)21(19,20)18-6-4-2-3-5-7-18/h8-9,17H,2-7,10H2,1H3. The molecule has 4 nitrogen and oxygen atoms in total. The maximum Gasteiger partial charge on any atom is 0.246 e. The SMILES string of the molecule is CNCc1cc(F)c(F)c(S(=O)(=O)N2CCCCCC2)c1. The summed E-state index contributed by atoms with van der Waals surface area (Å²) in [6.07, 6.45) is 3.42. The van der Waals surface area contributed by atoms with Gasteiger partial charge in [-0.05, 0) is 37.6 Å². The van der Waals surface area contributed by atoms with Crippen molar-refractivity contribution in [1.82, 2.24) is 9.62 Å². The molecule has 1 N–H and O–H groups in total. The van der Waals surface area contributed by atoms with E-state index in [2.05, 4.69) is 5.32 Å². The van der Waals surface area contributed by atoms with Gasteiger partial charge in [0.05, 0.1) is 0 Å². The first-order valence-electron chi connectivity index (χ1n) is 7.09. The van der Waals surface area contributed by atoms with Gasteiger partial charge in [0.25, 0.3) is 0 Å². The molecule has 2 rings (SSSR count). The van der Waals surface area contributed by atoms with E-state index in [4.69, 9.17) is 0 Å². The minimum atomic E-state index is -3.99. The fraction of sp³-hybridized carbons (Fsp3) is 0.571. The highest BCUT2D eigenvalue weighted by Crippen LogP contribution is 2.25. The summed E-state index contributed by atoms with van der Waals surface area (Å²) < 4.78 is 54.0. The van der Waals surface area contributed by atoms with Gasteiger partial charge in [0, 0.05) is 19.6 Å². The van der Waals surface area contributed by atoms with Crippen LogP contribution in [0.1, 0.15) is 31.2 Å². The van der Waals surface area contributed by atoms with Gasteiger partial charge >= 0.3 is 0 Å². The zero-order valence-electron chi connectivity index (χ0n) is 12.0. The summed E-state index contributed by atoms with van der Waals surface area (Å²) >= 11 is 0. The fourth-order valence-electron chi connectivity index (χ4n) is 2.53. The number of hydrogen-bond donors (Lipinski definition) is 1. The van der Waals surface area contributed by atoms with E-state index < -0.39 is 26.6 Å². The summed E-state index contributed by atoms with van der Waals surface area (Å²) in [4.78, 5) is -0.561. The van der Waals surface area contributed by atoms with Gasteiger partial charge in [-0.3, -0.25) is 0 Å². The van der Waals surface area contributed by atoms with E-state index in [-0.39, 0.29) is 6.54 Å². The Kier molecular flexibility index (Phi) is 5.29. The second-order valence-corrected chi connectivity index (χ2v) is 7.14. The molecule has 118 valence electrons. The Balaban J connectivity index is 2.42. The van der Waals surface area contributed by atoms with Crippen LogP contribution in [0.5, 0.6) is 0 Å². The molecule has 1 saturated heterocycles. The Morgan fingerprint density at radius 3 is 2.33 bits per heavy atom. The third-order valence-corrected chi connectivity index (χ3v) is 5.52. The average molecular weight is 318 g/mol. The Morgan fingerprint density at radius 1 is 1.14 bits per heavy atom. The van der Waals surface area contributed by atoms with Crippen molar-refractivity contribution in [1.29, 1.82) is 0 Å². The van der Waals surface area contributed by atoms with Crippen LogP contribution in [-0.4, -0.2) is 32.9 Å². The van der Waals surface area contributed by atoms with Gasteiger partial charge < -0.3 is 5.32 Å². The minimum Gasteiger partial charge on any atom is -0.316 e. The normalized spacial score (nSPS) is 17.7. The zero-order valence-corrected chi connectivity index (χ0v) is 12.8. The lowest BCUT2D eigenvalue weighted by atomic mass is 10.2. The summed E-state index contributed by atoms with van der Waals surface area (Å²) in [5, 5.41) is 2.80. The van der Waals surface area contributed by atoms with Crippen LogP contribution in [0.2, 0.25) is 0 Å². The molecule has 0 aliphatic carbocycles. The fourth-order valence-corrected chi connectivity index (χ4v) is 4.17. The van der Waals surface area contributed by atoms with Crippen LogP contribution in [0.15, 0.2) is 17.0 Å². The zero-order chi connectivity index (χ0) is 15.5. The van der Waals surface area contributed by atoms with Crippen molar-refractivity contribution >= 4 is 10.0 Å². The monoisotopic (exact) mass is 318 g/mol. The highest BCUT2D eigenvalue weighted by Gasteiger charge is 2.29. The van der Waals surface area contributed by atoms with E-state index in [1.54, 1.807) is 7.05 Å². The van der Waals surface area contributed by atoms with E-state index in [9.17, 15) is 17.2 Å². The second-order valence-electron chi connectivity index (χ2n) is 5.24. The quantitative estimate of drug-likeness (QED) is 0.926. The number of sulfonamides is 1. The summed E-state index contributed by atoms with van der Waals surface area (Å²) in [5.74, 6) is -2.42. The molecule has 7 heteroatoms. The lowest BCUT2D eigenvalue weighted by molar-refractivity contribution is 0.414. The highest BCUT2D eigenvalue weighted by molar-refractivity contribution is 7.89. The molecule has 1 heterocycles. The molecule has 1 aromatic carbocycles. The van der Waals surface area contributed by atoms with E-state index in [0.29, 0.717) is 18.7 Å². The molecular formula is C14H20F2N2O2S. The summed E-state index contributed by atoms with van der Waals surface area (Å²) in [6.45, 7) is 0.999. The predicted molar refractivity (Wildman–Crippen MR) is 76.3 cm³/mol. The Morgan fingerprint density at radius 2 is 1.76 bits per heavy atom. The molecule has 0 unspecified atom stereocenters. The maximum absolute atomic E-state index is 14.0. The Hall–Kier alpha value is -1.05. The summed E-state index contributed by atoms with van der Waals surface area (Å²) in [5.41, 5.74) is 0.407. The predicted octanol–water partition coefficient (Wildman–Crippen LogP) is 2.25. The molecule has 1 aliphatic rings. The third kappa shape index (κ3) is 3.59. The van der Waals surface area contributed by atoms with Crippen molar-refractivity contribution in [3.05, 3.63) is 29.3 Å². The molecule has 0 amide bonds. The van der Waals surface area contributed by atoms with Gasteiger partial charge in [-0.1, -0.05) is 12.8 Å². The van der Waals surface area contributed by atoms with Gasteiger partial charge in [-0.2, -0.15) is 4.31 Å². The Labute approximate surface area is 124 Å². The minimum absolute atomic E-state index is 0.278. The van der Waals surface area contributed by atoms with Crippen LogP contribution >= 0.6 is 0 Å². The number of nitrogens with one attached hydrogen (secondary N) is 1. The molecule has 0 atom stereocenters. The lowest BCUT2D eigenvalue weighted by Crippen LogP contribution is -2.32. The van der Waals surface area contributed by atoms with Crippen molar-refractivity contribution in [3.63, 3.8) is 0 Å². The van der Waals surface area contributed by atoms with E-state index in [1.165, 1.54) is 10.4 Å². The third-order valence-electron chi connectivity index (χ3n) is 3.62. The van der Waals surface area contributed by atoms with Crippen molar-refractivity contribution in [2.24, 2.45) is 0 Å². The number of benzene rings is 1. The van der Waals surface area contributed by atoms with Crippen molar-refractivity contribution in [2.45, 2.75) is 37.1 Å². The average Bonchev–Trinajstić information content (AvgIpc) is 2.72. The van der Waals surface area contributed by atoms with Gasteiger partial charge in [0.2, 0.25) is 10.0 Å². The molecule has 1 fully saturated rings. The van der Waals surface area contributed by atoms with Crippen LogP contribution in [0.4, 0.5) is 8.78 Å². The van der Waals surface area contributed by atoms with Crippen LogP contribution in [0.25, 0.3) is 0 Å². The molecule has 1 aromatic rings. The summed E-state index contributed by atoms with van der Waals surface area (Å²) in [6, 6.07) is 2.24. The number of nitrogens with zero attached hydrogens (tertiary/aromatic N) is 1. The van der Waals surface area contributed by atoms with Crippen LogP contribution in [0, 0.1) is 11.6 Å². The molecule has 0 aromatic heterocycles. The molecule has 0 saturated carbocycles. The molecule has 0 bridgehead atoms. The Bertz CT molecular complexity index is 597. The molecule has 0 radical (unpaired) electrons. The van der Waals surface area contributed by atoms with Gasteiger partial charge in [0.15, 0.2) is 11.6 Å². The number of hydrogen-bond acceptors (Lipinski definition) is 3. The molecule has 1 aliphatic heterocycles. The smallest absolute Gasteiger partial charge is 0.246 e. The highest BCUT2D eigenvalue weighted by atomic mass is 32.2. The molecule has 21 heavy (non-hydrogen) atoms. The van der Waals surface area contributed by atoms with E-state index in [1.807, 2.05) is 0 Å². The van der Waals surface area contributed by atoms with Gasteiger partial charge in [-0.25, -0.2) is 17.2 Å². The number of halogens is 2. The van der Waals surface area contributed by atoms with Gasteiger partial charge in [-0.15, -0.1) is 0 Å². The lowest BCUT2D eigenvalue weighted by Gasteiger charge is -2.20. The topological polar surface area (TPSA) is 49.4 Å². The van der Waals surface area contributed by atoms with Crippen molar-refractivity contribution in [3.8, 4) is 0 Å².